The first kappa shape index (κ1) is 12.8. The van der Waals surface area contributed by atoms with Crippen molar-refractivity contribution in [3.05, 3.63) is 54.6 Å². The lowest BCUT2D eigenvalue weighted by Gasteiger charge is -2.07. The van der Waals surface area contributed by atoms with Crippen molar-refractivity contribution in [1.82, 2.24) is 4.72 Å². The molecule has 0 unspecified atom stereocenters. The van der Waals surface area contributed by atoms with Gasteiger partial charge in [-0.05, 0) is 29.8 Å². The monoisotopic (exact) mass is 261 g/mol. The van der Waals surface area contributed by atoms with Gasteiger partial charge >= 0.3 is 0 Å². The number of benzene rings is 2. The van der Waals surface area contributed by atoms with Gasteiger partial charge in [0.25, 0.3) is 0 Å². The fourth-order valence-corrected chi connectivity index (χ4v) is 2.77. The van der Waals surface area contributed by atoms with Gasteiger partial charge in [0.2, 0.25) is 10.0 Å². The zero-order valence-electron chi connectivity index (χ0n) is 10.2. The molecule has 0 saturated carbocycles. The minimum absolute atomic E-state index is 0.259. The van der Waals surface area contributed by atoms with Gasteiger partial charge in [0.05, 0.1) is 4.90 Å². The van der Waals surface area contributed by atoms with Crippen molar-refractivity contribution in [2.24, 2.45) is 0 Å². The molecule has 0 radical (unpaired) electrons. The molecule has 0 bridgehead atoms. The SMILES string of the molecule is C=C(C)CNS(=O)(=O)c1ccc2ccccc2c1. The van der Waals surface area contributed by atoms with E-state index >= 15 is 0 Å². The van der Waals surface area contributed by atoms with Gasteiger partial charge in [-0.3, -0.25) is 0 Å². The quantitative estimate of drug-likeness (QED) is 0.860. The van der Waals surface area contributed by atoms with Gasteiger partial charge in [-0.2, -0.15) is 0 Å². The Hall–Kier alpha value is -1.65. The lowest BCUT2D eigenvalue weighted by Crippen LogP contribution is -2.25. The highest BCUT2D eigenvalue weighted by Gasteiger charge is 2.13. The summed E-state index contributed by atoms with van der Waals surface area (Å²) in [5.41, 5.74) is 0.777. The van der Waals surface area contributed by atoms with Crippen molar-refractivity contribution >= 4 is 20.8 Å². The van der Waals surface area contributed by atoms with E-state index in [1.54, 1.807) is 19.1 Å². The van der Waals surface area contributed by atoms with Crippen LogP contribution in [0, 0.1) is 0 Å². The average Bonchev–Trinajstić information content (AvgIpc) is 2.36. The molecule has 3 nitrogen and oxygen atoms in total. The van der Waals surface area contributed by atoms with E-state index in [1.165, 1.54) is 0 Å². The number of nitrogens with one attached hydrogen (secondary N) is 1. The highest BCUT2D eigenvalue weighted by Crippen LogP contribution is 2.18. The van der Waals surface area contributed by atoms with Crippen LogP contribution in [0.2, 0.25) is 0 Å². The molecule has 1 N–H and O–H groups in total. The summed E-state index contributed by atoms with van der Waals surface area (Å²) in [6.45, 7) is 5.71. The van der Waals surface area contributed by atoms with Gasteiger partial charge in [0.15, 0.2) is 0 Å². The summed E-state index contributed by atoms with van der Waals surface area (Å²) in [5, 5.41) is 1.94. The van der Waals surface area contributed by atoms with Crippen molar-refractivity contribution in [2.75, 3.05) is 6.54 Å². The molecule has 2 rings (SSSR count). The van der Waals surface area contributed by atoms with E-state index in [4.69, 9.17) is 0 Å². The van der Waals surface area contributed by atoms with Gasteiger partial charge in [-0.25, -0.2) is 13.1 Å². The molecule has 0 aliphatic carbocycles. The molecule has 0 amide bonds. The van der Waals surface area contributed by atoms with Crippen LogP contribution in [0.4, 0.5) is 0 Å². The second kappa shape index (κ2) is 4.92. The van der Waals surface area contributed by atoms with E-state index in [0.717, 1.165) is 16.3 Å². The maximum Gasteiger partial charge on any atom is 0.240 e. The molecular formula is C14H15NO2S. The van der Waals surface area contributed by atoms with Crippen LogP contribution in [0.3, 0.4) is 0 Å². The fraction of sp³-hybridized carbons (Fsp3) is 0.143. The molecule has 0 aliphatic heterocycles. The van der Waals surface area contributed by atoms with E-state index in [1.807, 2.05) is 30.3 Å². The maximum absolute atomic E-state index is 12.0. The number of fused-ring (bicyclic) bond motifs is 1. The predicted molar refractivity (Wildman–Crippen MR) is 74.0 cm³/mol. The third-order valence-electron chi connectivity index (χ3n) is 2.60. The first-order valence-electron chi connectivity index (χ1n) is 5.62. The fourth-order valence-electron chi connectivity index (χ4n) is 1.64. The molecular weight excluding hydrogens is 246 g/mol. The third-order valence-corrected chi connectivity index (χ3v) is 3.99. The van der Waals surface area contributed by atoms with E-state index < -0.39 is 10.0 Å². The van der Waals surface area contributed by atoms with Gasteiger partial charge in [-0.1, -0.05) is 42.5 Å². The van der Waals surface area contributed by atoms with Crippen molar-refractivity contribution in [3.63, 3.8) is 0 Å². The lowest BCUT2D eigenvalue weighted by molar-refractivity contribution is 0.585. The Labute approximate surface area is 107 Å². The van der Waals surface area contributed by atoms with Crippen molar-refractivity contribution in [2.45, 2.75) is 11.8 Å². The summed E-state index contributed by atoms with van der Waals surface area (Å²) in [6.07, 6.45) is 0. The second-order valence-corrected chi connectivity index (χ2v) is 6.06. The molecule has 2 aromatic rings. The van der Waals surface area contributed by atoms with Gasteiger partial charge in [0.1, 0.15) is 0 Å². The largest absolute Gasteiger partial charge is 0.240 e. The molecule has 0 aromatic heterocycles. The summed E-state index contributed by atoms with van der Waals surface area (Å²) in [7, 11) is -3.46. The summed E-state index contributed by atoms with van der Waals surface area (Å²) >= 11 is 0. The van der Waals surface area contributed by atoms with Crippen molar-refractivity contribution in [3.8, 4) is 0 Å². The summed E-state index contributed by atoms with van der Waals surface area (Å²) < 4.78 is 26.6. The molecule has 0 aliphatic rings. The van der Waals surface area contributed by atoms with Gasteiger partial charge < -0.3 is 0 Å². The predicted octanol–water partition coefficient (Wildman–Crippen LogP) is 2.69. The van der Waals surface area contributed by atoms with Crippen LogP contribution in [-0.2, 0) is 10.0 Å². The summed E-state index contributed by atoms with van der Waals surface area (Å²) in [5.74, 6) is 0. The zero-order chi connectivity index (χ0) is 13.2. The molecule has 0 spiro atoms. The number of hydrogen-bond acceptors (Lipinski definition) is 2. The summed E-state index contributed by atoms with van der Waals surface area (Å²) in [6, 6.07) is 12.8. The van der Waals surface area contributed by atoms with Crippen LogP contribution >= 0.6 is 0 Å². The molecule has 18 heavy (non-hydrogen) atoms. The van der Waals surface area contributed by atoms with E-state index in [2.05, 4.69) is 11.3 Å². The Morgan fingerprint density at radius 3 is 2.50 bits per heavy atom. The maximum atomic E-state index is 12.0. The average molecular weight is 261 g/mol. The van der Waals surface area contributed by atoms with Crippen LogP contribution in [0.25, 0.3) is 10.8 Å². The highest BCUT2D eigenvalue weighted by molar-refractivity contribution is 7.89. The number of rotatable bonds is 4. The Balaban J connectivity index is 2.38. The molecule has 2 aromatic carbocycles. The summed E-state index contributed by atoms with van der Waals surface area (Å²) in [4.78, 5) is 0.280. The van der Waals surface area contributed by atoms with E-state index in [9.17, 15) is 8.42 Å². The molecule has 0 heterocycles. The first-order valence-corrected chi connectivity index (χ1v) is 7.10. The Morgan fingerprint density at radius 2 is 1.83 bits per heavy atom. The first-order chi connectivity index (χ1) is 8.49. The molecule has 0 fully saturated rings. The lowest BCUT2D eigenvalue weighted by atomic mass is 10.1. The van der Waals surface area contributed by atoms with Gasteiger partial charge in [-0.15, -0.1) is 0 Å². The van der Waals surface area contributed by atoms with Crippen LogP contribution in [0.15, 0.2) is 59.5 Å². The normalized spacial score (nSPS) is 11.6. The molecule has 0 saturated heterocycles. The molecule has 94 valence electrons. The van der Waals surface area contributed by atoms with Crippen LogP contribution < -0.4 is 4.72 Å². The van der Waals surface area contributed by atoms with E-state index in [0.29, 0.717) is 0 Å². The Morgan fingerprint density at radius 1 is 1.17 bits per heavy atom. The Kier molecular flexibility index (Phi) is 3.50. The Bertz CT molecular complexity index is 690. The van der Waals surface area contributed by atoms with E-state index in [-0.39, 0.29) is 11.4 Å². The second-order valence-electron chi connectivity index (χ2n) is 4.29. The molecule has 4 heteroatoms. The third kappa shape index (κ3) is 2.78. The van der Waals surface area contributed by atoms with Gasteiger partial charge in [0, 0.05) is 6.54 Å². The number of hydrogen-bond donors (Lipinski definition) is 1. The zero-order valence-corrected chi connectivity index (χ0v) is 11.0. The van der Waals surface area contributed by atoms with Crippen LogP contribution in [0.5, 0.6) is 0 Å². The smallest absolute Gasteiger partial charge is 0.207 e. The number of sulfonamides is 1. The van der Waals surface area contributed by atoms with Crippen molar-refractivity contribution in [1.29, 1.82) is 0 Å². The van der Waals surface area contributed by atoms with Crippen LogP contribution in [-0.4, -0.2) is 15.0 Å². The standard InChI is InChI=1S/C14H15NO2S/c1-11(2)10-15-18(16,17)14-8-7-12-5-3-4-6-13(12)9-14/h3-9,15H,1,10H2,2H3. The topological polar surface area (TPSA) is 46.2 Å². The highest BCUT2D eigenvalue weighted by atomic mass is 32.2. The molecule has 0 atom stereocenters. The van der Waals surface area contributed by atoms with Crippen LogP contribution in [0.1, 0.15) is 6.92 Å². The minimum atomic E-state index is -3.46. The van der Waals surface area contributed by atoms with Crippen molar-refractivity contribution < 1.29 is 8.42 Å². The minimum Gasteiger partial charge on any atom is -0.207 e.